The molecule has 1 aliphatic rings. The fourth-order valence-electron chi connectivity index (χ4n) is 2.62. The van der Waals surface area contributed by atoms with E-state index in [2.05, 4.69) is 4.72 Å². The number of carbonyl (C=O) groups excluding carboxylic acids is 1. The lowest BCUT2D eigenvalue weighted by molar-refractivity contribution is 0.0303. The molecule has 0 aromatic heterocycles. The molecule has 0 radical (unpaired) electrons. The Bertz CT molecular complexity index is 907. The lowest BCUT2D eigenvalue weighted by Gasteiger charge is -2.27. The van der Waals surface area contributed by atoms with Crippen molar-refractivity contribution in [3.05, 3.63) is 58.6 Å². The van der Waals surface area contributed by atoms with E-state index in [9.17, 15) is 13.2 Å². The number of amides is 1. The molecule has 3 rings (SSSR count). The van der Waals surface area contributed by atoms with Crippen molar-refractivity contribution in [1.82, 2.24) is 4.90 Å². The van der Waals surface area contributed by atoms with Crippen molar-refractivity contribution < 1.29 is 17.9 Å². The van der Waals surface area contributed by atoms with E-state index in [1.165, 1.54) is 30.3 Å². The molecule has 0 saturated carbocycles. The van der Waals surface area contributed by atoms with E-state index >= 15 is 0 Å². The fourth-order valence-corrected chi connectivity index (χ4v) is 3.93. The van der Waals surface area contributed by atoms with Crippen molar-refractivity contribution >= 4 is 33.2 Å². The van der Waals surface area contributed by atoms with Crippen LogP contribution in [0.1, 0.15) is 15.9 Å². The number of ether oxygens (including phenoxy) is 1. The Hall–Kier alpha value is -2.09. The van der Waals surface area contributed by atoms with E-state index in [4.69, 9.17) is 16.3 Å². The summed E-state index contributed by atoms with van der Waals surface area (Å²) in [6.07, 6.45) is 0. The van der Waals surface area contributed by atoms with Gasteiger partial charge in [-0.2, -0.15) is 0 Å². The maximum Gasteiger partial charge on any atom is 0.261 e. The molecule has 0 unspecified atom stereocenters. The van der Waals surface area contributed by atoms with Gasteiger partial charge in [-0.05, 0) is 37.3 Å². The largest absolute Gasteiger partial charge is 0.378 e. The molecule has 1 N–H and O–H groups in total. The first-order chi connectivity index (χ1) is 12.4. The third-order valence-electron chi connectivity index (χ3n) is 4.08. The SMILES string of the molecule is Cc1ccc(S(=O)(=O)Nc2ccc(C(=O)N3CCOCC3)c(Cl)c2)cc1. The predicted octanol–water partition coefficient (Wildman–Crippen LogP) is 2.92. The monoisotopic (exact) mass is 394 g/mol. The van der Waals surface area contributed by atoms with Crippen LogP contribution in [0.5, 0.6) is 0 Å². The molecule has 1 heterocycles. The normalized spacial score (nSPS) is 14.9. The Balaban J connectivity index is 1.78. The van der Waals surface area contributed by atoms with Crippen LogP contribution >= 0.6 is 11.6 Å². The van der Waals surface area contributed by atoms with Gasteiger partial charge < -0.3 is 9.64 Å². The zero-order valence-corrected chi connectivity index (χ0v) is 15.8. The Morgan fingerprint density at radius 2 is 1.77 bits per heavy atom. The summed E-state index contributed by atoms with van der Waals surface area (Å²) >= 11 is 6.23. The van der Waals surface area contributed by atoms with Crippen LogP contribution in [0.3, 0.4) is 0 Å². The molecule has 1 amide bonds. The Morgan fingerprint density at radius 3 is 2.38 bits per heavy atom. The van der Waals surface area contributed by atoms with Crippen molar-refractivity contribution in [2.45, 2.75) is 11.8 Å². The van der Waals surface area contributed by atoms with Crippen LogP contribution in [0.2, 0.25) is 5.02 Å². The molecule has 138 valence electrons. The molecule has 2 aromatic carbocycles. The van der Waals surface area contributed by atoms with E-state index in [1.54, 1.807) is 17.0 Å². The molecule has 1 saturated heterocycles. The number of aryl methyl sites for hydroxylation is 1. The van der Waals surface area contributed by atoms with Crippen LogP contribution in [-0.4, -0.2) is 45.5 Å². The molecule has 0 atom stereocenters. The first kappa shape index (κ1) is 18.7. The Kier molecular flexibility index (Phi) is 5.50. The lowest BCUT2D eigenvalue weighted by atomic mass is 10.1. The van der Waals surface area contributed by atoms with Gasteiger partial charge in [0.1, 0.15) is 0 Å². The number of rotatable bonds is 4. The standard InChI is InChI=1S/C18H19ClN2O4S/c1-13-2-5-15(6-3-13)26(23,24)20-14-4-7-16(17(19)12-14)18(22)21-8-10-25-11-9-21/h2-7,12,20H,8-11H2,1H3. The average Bonchev–Trinajstić information content (AvgIpc) is 2.62. The number of benzene rings is 2. The van der Waals surface area contributed by atoms with Gasteiger partial charge in [0.15, 0.2) is 0 Å². The number of nitrogens with zero attached hydrogens (tertiary/aromatic N) is 1. The number of hydrogen-bond acceptors (Lipinski definition) is 4. The molecular weight excluding hydrogens is 376 g/mol. The maximum absolute atomic E-state index is 12.5. The number of sulfonamides is 1. The number of hydrogen-bond donors (Lipinski definition) is 1. The van der Waals surface area contributed by atoms with E-state index in [1.807, 2.05) is 6.92 Å². The van der Waals surface area contributed by atoms with E-state index in [0.29, 0.717) is 37.6 Å². The van der Waals surface area contributed by atoms with Gasteiger partial charge in [-0.15, -0.1) is 0 Å². The number of nitrogens with one attached hydrogen (secondary N) is 1. The smallest absolute Gasteiger partial charge is 0.261 e. The second kappa shape index (κ2) is 7.65. The van der Waals surface area contributed by atoms with Crippen LogP contribution in [0, 0.1) is 6.92 Å². The molecule has 2 aromatic rings. The van der Waals surface area contributed by atoms with Crippen LogP contribution in [0.15, 0.2) is 47.4 Å². The van der Waals surface area contributed by atoms with E-state index in [-0.39, 0.29) is 15.8 Å². The van der Waals surface area contributed by atoms with Gasteiger partial charge in [0, 0.05) is 13.1 Å². The molecule has 8 heteroatoms. The lowest BCUT2D eigenvalue weighted by Crippen LogP contribution is -2.40. The average molecular weight is 395 g/mol. The van der Waals surface area contributed by atoms with Crippen LogP contribution in [0.25, 0.3) is 0 Å². The molecule has 26 heavy (non-hydrogen) atoms. The number of halogens is 1. The van der Waals surface area contributed by atoms with Gasteiger partial charge in [-0.25, -0.2) is 8.42 Å². The zero-order valence-electron chi connectivity index (χ0n) is 14.2. The summed E-state index contributed by atoms with van der Waals surface area (Å²) in [6.45, 7) is 3.90. The second-order valence-corrected chi connectivity index (χ2v) is 8.11. The molecular formula is C18H19ClN2O4S. The zero-order chi connectivity index (χ0) is 18.7. The molecule has 1 fully saturated rings. The summed E-state index contributed by atoms with van der Waals surface area (Å²) in [7, 11) is -3.72. The molecule has 1 aliphatic heterocycles. The molecule has 6 nitrogen and oxygen atoms in total. The minimum atomic E-state index is -3.72. The molecule has 0 aliphatic carbocycles. The quantitative estimate of drug-likeness (QED) is 0.865. The Morgan fingerprint density at radius 1 is 1.12 bits per heavy atom. The van der Waals surface area contributed by atoms with Crippen molar-refractivity contribution in [2.24, 2.45) is 0 Å². The highest BCUT2D eigenvalue weighted by Gasteiger charge is 2.21. The highest BCUT2D eigenvalue weighted by atomic mass is 35.5. The summed E-state index contributed by atoms with van der Waals surface area (Å²) < 4.78 is 32.6. The summed E-state index contributed by atoms with van der Waals surface area (Å²) in [6, 6.07) is 11.0. The van der Waals surface area contributed by atoms with Crippen LogP contribution in [-0.2, 0) is 14.8 Å². The van der Waals surface area contributed by atoms with Crippen molar-refractivity contribution in [3.8, 4) is 0 Å². The summed E-state index contributed by atoms with van der Waals surface area (Å²) in [5.41, 5.74) is 1.61. The van der Waals surface area contributed by atoms with Gasteiger partial charge in [0.25, 0.3) is 15.9 Å². The minimum absolute atomic E-state index is 0.160. The second-order valence-electron chi connectivity index (χ2n) is 6.02. The summed E-state index contributed by atoms with van der Waals surface area (Å²) in [4.78, 5) is 14.3. The Labute approximate surface area is 157 Å². The van der Waals surface area contributed by atoms with Crippen LogP contribution < -0.4 is 4.72 Å². The van der Waals surface area contributed by atoms with Gasteiger partial charge in [-0.1, -0.05) is 29.3 Å². The van der Waals surface area contributed by atoms with Gasteiger partial charge in [0.2, 0.25) is 0 Å². The predicted molar refractivity (Wildman–Crippen MR) is 100 cm³/mol. The van der Waals surface area contributed by atoms with Gasteiger partial charge >= 0.3 is 0 Å². The number of anilines is 1. The third kappa shape index (κ3) is 4.17. The van der Waals surface area contributed by atoms with Gasteiger partial charge in [0.05, 0.1) is 34.4 Å². The maximum atomic E-state index is 12.5. The highest BCUT2D eigenvalue weighted by Crippen LogP contribution is 2.25. The molecule has 0 spiro atoms. The first-order valence-electron chi connectivity index (χ1n) is 8.13. The summed E-state index contributed by atoms with van der Waals surface area (Å²) in [5, 5.41) is 0.200. The van der Waals surface area contributed by atoms with Crippen LogP contribution in [0.4, 0.5) is 5.69 Å². The number of morpholine rings is 1. The molecule has 0 bridgehead atoms. The highest BCUT2D eigenvalue weighted by molar-refractivity contribution is 7.92. The number of carbonyl (C=O) groups is 1. The van der Waals surface area contributed by atoms with E-state index < -0.39 is 10.0 Å². The fraction of sp³-hybridized carbons (Fsp3) is 0.278. The van der Waals surface area contributed by atoms with E-state index in [0.717, 1.165) is 5.56 Å². The minimum Gasteiger partial charge on any atom is -0.378 e. The third-order valence-corrected chi connectivity index (χ3v) is 5.79. The van der Waals surface area contributed by atoms with Crippen molar-refractivity contribution in [3.63, 3.8) is 0 Å². The first-order valence-corrected chi connectivity index (χ1v) is 9.99. The topological polar surface area (TPSA) is 75.7 Å². The summed E-state index contributed by atoms with van der Waals surface area (Å²) in [5.74, 6) is -0.189. The van der Waals surface area contributed by atoms with Crippen molar-refractivity contribution in [2.75, 3.05) is 31.0 Å². The van der Waals surface area contributed by atoms with Gasteiger partial charge in [-0.3, -0.25) is 9.52 Å². The van der Waals surface area contributed by atoms with Crippen molar-refractivity contribution in [1.29, 1.82) is 0 Å².